The van der Waals surface area contributed by atoms with Crippen molar-refractivity contribution >= 4 is 0 Å². The largest absolute Gasteiger partial charge is 0.383 e. The minimum absolute atomic E-state index is 0.353. The Morgan fingerprint density at radius 2 is 2.43 bits per heavy atom. The number of methoxy groups -OCH3 is 1. The molecule has 1 N–H and O–H groups in total. The molecule has 1 rings (SSSR count). The van der Waals surface area contributed by atoms with Crippen LogP contribution in [-0.2, 0) is 18.2 Å². The lowest BCUT2D eigenvalue weighted by atomic mass is 10.2. The summed E-state index contributed by atoms with van der Waals surface area (Å²) in [6.07, 6.45) is 4.70. The Morgan fingerprint density at radius 1 is 1.64 bits per heavy atom. The van der Waals surface area contributed by atoms with Crippen molar-refractivity contribution in [2.75, 3.05) is 20.3 Å². The van der Waals surface area contributed by atoms with Gasteiger partial charge in [0.2, 0.25) is 0 Å². The summed E-state index contributed by atoms with van der Waals surface area (Å²) >= 11 is 0. The molecule has 1 unspecified atom stereocenters. The monoisotopic (exact) mass is 197 g/mol. The van der Waals surface area contributed by atoms with Crippen LogP contribution in [0.15, 0.2) is 12.4 Å². The third-order valence-electron chi connectivity index (χ3n) is 2.21. The second-order valence-corrected chi connectivity index (χ2v) is 3.37. The Morgan fingerprint density at radius 3 is 2.93 bits per heavy atom. The van der Waals surface area contributed by atoms with Crippen LogP contribution < -0.4 is 5.32 Å². The van der Waals surface area contributed by atoms with E-state index in [4.69, 9.17) is 4.74 Å². The van der Waals surface area contributed by atoms with Gasteiger partial charge in [0.25, 0.3) is 0 Å². The van der Waals surface area contributed by atoms with E-state index >= 15 is 0 Å². The molecule has 0 fully saturated rings. The fraction of sp³-hybridized carbons (Fsp3) is 0.700. The van der Waals surface area contributed by atoms with E-state index in [2.05, 4.69) is 17.2 Å². The third kappa shape index (κ3) is 3.12. The van der Waals surface area contributed by atoms with Gasteiger partial charge in [-0.1, -0.05) is 6.92 Å². The van der Waals surface area contributed by atoms with Crippen LogP contribution >= 0.6 is 0 Å². The van der Waals surface area contributed by atoms with E-state index in [1.807, 2.05) is 24.0 Å². The number of hydrogen-bond donors (Lipinski definition) is 1. The first-order chi connectivity index (χ1) is 6.77. The quantitative estimate of drug-likeness (QED) is 0.725. The average molecular weight is 197 g/mol. The molecule has 14 heavy (non-hydrogen) atoms. The van der Waals surface area contributed by atoms with E-state index in [9.17, 15) is 0 Å². The summed E-state index contributed by atoms with van der Waals surface area (Å²) in [6, 6.07) is 0.353. The van der Waals surface area contributed by atoms with Crippen molar-refractivity contribution < 1.29 is 4.74 Å². The Bertz CT molecular complexity index is 254. The van der Waals surface area contributed by atoms with Gasteiger partial charge in [0.05, 0.1) is 6.61 Å². The minimum Gasteiger partial charge on any atom is -0.383 e. The average Bonchev–Trinajstić information content (AvgIpc) is 2.53. The summed E-state index contributed by atoms with van der Waals surface area (Å²) in [7, 11) is 3.74. The fourth-order valence-corrected chi connectivity index (χ4v) is 1.49. The lowest BCUT2D eigenvalue weighted by Crippen LogP contribution is -2.35. The maximum absolute atomic E-state index is 5.15. The molecule has 1 aromatic heterocycles. The zero-order valence-electron chi connectivity index (χ0n) is 9.16. The number of ether oxygens (including phenoxy) is 1. The van der Waals surface area contributed by atoms with Crippen molar-refractivity contribution in [3.8, 4) is 0 Å². The van der Waals surface area contributed by atoms with E-state index < -0.39 is 0 Å². The molecular weight excluding hydrogens is 178 g/mol. The summed E-state index contributed by atoms with van der Waals surface area (Å²) in [5.74, 6) is 1.09. The van der Waals surface area contributed by atoms with E-state index in [1.165, 1.54) is 0 Å². The van der Waals surface area contributed by atoms with Crippen molar-refractivity contribution in [3.63, 3.8) is 0 Å². The molecular formula is C10H19N3O. The zero-order chi connectivity index (χ0) is 10.4. The number of aryl methyl sites for hydroxylation is 1. The van der Waals surface area contributed by atoms with E-state index in [0.29, 0.717) is 6.04 Å². The van der Waals surface area contributed by atoms with Gasteiger partial charge in [0, 0.05) is 39.0 Å². The van der Waals surface area contributed by atoms with Gasteiger partial charge in [-0.05, 0) is 6.54 Å². The summed E-state index contributed by atoms with van der Waals surface area (Å²) in [4.78, 5) is 4.29. The molecule has 0 aromatic carbocycles. The molecule has 0 saturated carbocycles. The highest BCUT2D eigenvalue weighted by Gasteiger charge is 2.10. The highest BCUT2D eigenvalue weighted by molar-refractivity contribution is 4.94. The van der Waals surface area contributed by atoms with Gasteiger partial charge >= 0.3 is 0 Å². The number of rotatable bonds is 6. The fourth-order valence-electron chi connectivity index (χ4n) is 1.49. The van der Waals surface area contributed by atoms with E-state index in [0.717, 1.165) is 25.4 Å². The molecule has 0 amide bonds. The Kier molecular flexibility index (Phi) is 4.62. The van der Waals surface area contributed by atoms with Crippen LogP contribution in [0.4, 0.5) is 0 Å². The second-order valence-electron chi connectivity index (χ2n) is 3.37. The summed E-state index contributed by atoms with van der Waals surface area (Å²) in [5.41, 5.74) is 0. The molecule has 1 aromatic rings. The highest BCUT2D eigenvalue weighted by Crippen LogP contribution is 2.00. The molecule has 4 nitrogen and oxygen atoms in total. The number of aromatic nitrogens is 2. The number of hydrogen-bond acceptors (Lipinski definition) is 3. The van der Waals surface area contributed by atoms with Crippen molar-refractivity contribution in [2.45, 2.75) is 19.4 Å². The molecule has 1 atom stereocenters. The highest BCUT2D eigenvalue weighted by atomic mass is 16.5. The van der Waals surface area contributed by atoms with Gasteiger partial charge in [-0.2, -0.15) is 0 Å². The Balaban J connectivity index is 2.50. The van der Waals surface area contributed by atoms with Crippen LogP contribution in [0.25, 0.3) is 0 Å². The topological polar surface area (TPSA) is 39.1 Å². The van der Waals surface area contributed by atoms with Crippen LogP contribution in [0.1, 0.15) is 12.7 Å². The standard InChI is InChI=1S/C10H19N3O/c1-4-11-9(8-14-3)7-10-12-5-6-13(10)2/h5-6,9,11H,4,7-8H2,1-3H3. The summed E-state index contributed by atoms with van der Waals surface area (Å²) in [6.45, 7) is 3.78. The maximum atomic E-state index is 5.15. The lowest BCUT2D eigenvalue weighted by molar-refractivity contribution is 0.165. The third-order valence-corrected chi connectivity index (χ3v) is 2.21. The first kappa shape index (κ1) is 11.2. The lowest BCUT2D eigenvalue weighted by Gasteiger charge is -2.16. The zero-order valence-corrected chi connectivity index (χ0v) is 9.16. The van der Waals surface area contributed by atoms with Gasteiger partial charge in [0.1, 0.15) is 5.82 Å². The van der Waals surface area contributed by atoms with Crippen LogP contribution in [0.3, 0.4) is 0 Å². The molecule has 0 saturated heterocycles. The van der Waals surface area contributed by atoms with Gasteiger partial charge < -0.3 is 14.6 Å². The Labute approximate surface area is 85.3 Å². The molecule has 4 heteroatoms. The molecule has 0 radical (unpaired) electrons. The minimum atomic E-state index is 0.353. The van der Waals surface area contributed by atoms with Gasteiger partial charge in [-0.3, -0.25) is 0 Å². The molecule has 0 bridgehead atoms. The Hall–Kier alpha value is -0.870. The van der Waals surface area contributed by atoms with Gasteiger partial charge in [0.15, 0.2) is 0 Å². The number of nitrogens with zero attached hydrogens (tertiary/aromatic N) is 2. The van der Waals surface area contributed by atoms with Crippen LogP contribution in [0.5, 0.6) is 0 Å². The smallest absolute Gasteiger partial charge is 0.110 e. The number of likely N-dealkylation sites (N-methyl/N-ethyl adjacent to an activating group) is 1. The first-order valence-electron chi connectivity index (χ1n) is 4.96. The summed E-state index contributed by atoms with van der Waals surface area (Å²) < 4.78 is 7.19. The second kappa shape index (κ2) is 5.78. The predicted molar refractivity (Wildman–Crippen MR) is 56.3 cm³/mol. The van der Waals surface area contributed by atoms with Crippen molar-refractivity contribution in [3.05, 3.63) is 18.2 Å². The predicted octanol–water partition coefficient (Wildman–Crippen LogP) is 0.587. The maximum Gasteiger partial charge on any atom is 0.110 e. The van der Waals surface area contributed by atoms with Crippen molar-refractivity contribution in [1.29, 1.82) is 0 Å². The normalized spacial score (nSPS) is 13.1. The molecule has 80 valence electrons. The van der Waals surface area contributed by atoms with Crippen LogP contribution in [-0.4, -0.2) is 35.9 Å². The van der Waals surface area contributed by atoms with Crippen LogP contribution in [0.2, 0.25) is 0 Å². The molecule has 0 aliphatic rings. The molecule has 0 aliphatic heterocycles. The molecule has 0 aliphatic carbocycles. The summed E-state index contributed by atoms with van der Waals surface area (Å²) in [5, 5.41) is 3.37. The van der Waals surface area contributed by atoms with Gasteiger partial charge in [-0.15, -0.1) is 0 Å². The SMILES string of the molecule is CCNC(COC)Cc1nccn1C. The first-order valence-corrected chi connectivity index (χ1v) is 4.96. The number of nitrogens with one attached hydrogen (secondary N) is 1. The molecule has 1 heterocycles. The molecule has 0 spiro atoms. The van der Waals surface area contributed by atoms with Gasteiger partial charge in [-0.25, -0.2) is 4.98 Å². The van der Waals surface area contributed by atoms with Crippen molar-refractivity contribution in [2.24, 2.45) is 7.05 Å². The van der Waals surface area contributed by atoms with Crippen molar-refractivity contribution in [1.82, 2.24) is 14.9 Å². The van der Waals surface area contributed by atoms with Crippen LogP contribution in [0, 0.1) is 0 Å². The number of imidazole rings is 1. The van der Waals surface area contributed by atoms with E-state index in [1.54, 1.807) is 7.11 Å². The van der Waals surface area contributed by atoms with E-state index in [-0.39, 0.29) is 0 Å².